The van der Waals surface area contributed by atoms with Crippen LogP contribution < -0.4 is 5.32 Å². The molecule has 2 atom stereocenters. The lowest BCUT2D eigenvalue weighted by Crippen LogP contribution is -2.44. The number of pyridine rings is 1. The molecule has 1 aliphatic heterocycles. The van der Waals surface area contributed by atoms with Crippen LogP contribution in [0.25, 0.3) is 22.0 Å². The second-order valence-corrected chi connectivity index (χ2v) is 9.98. The number of alkyl halides is 1. The summed E-state index contributed by atoms with van der Waals surface area (Å²) < 4.78 is 16.4. The molecule has 0 bridgehead atoms. The van der Waals surface area contributed by atoms with Crippen LogP contribution in [0.5, 0.6) is 0 Å². The Hall–Kier alpha value is -4.26. The van der Waals surface area contributed by atoms with Gasteiger partial charge in [0.05, 0.1) is 12.1 Å². The predicted molar refractivity (Wildman–Crippen MR) is 145 cm³/mol. The van der Waals surface area contributed by atoms with Gasteiger partial charge in [-0.15, -0.1) is 0 Å². The number of nitrogens with one attached hydrogen (secondary N) is 1. The van der Waals surface area contributed by atoms with E-state index in [1.807, 2.05) is 12.1 Å². The molecular formula is C26H24BrFN8O3. The van der Waals surface area contributed by atoms with E-state index in [0.29, 0.717) is 32.8 Å². The second kappa shape index (κ2) is 10.8. The summed E-state index contributed by atoms with van der Waals surface area (Å²) in [6.07, 6.45) is 1.96. The van der Waals surface area contributed by atoms with E-state index < -0.39 is 24.0 Å². The zero-order valence-corrected chi connectivity index (χ0v) is 22.6. The fourth-order valence-corrected chi connectivity index (χ4v) is 4.89. The zero-order valence-electron chi connectivity index (χ0n) is 21.0. The van der Waals surface area contributed by atoms with Crippen LogP contribution in [0.15, 0.2) is 58.6 Å². The molecule has 1 aliphatic rings. The van der Waals surface area contributed by atoms with Gasteiger partial charge in [-0.05, 0) is 59.6 Å². The lowest BCUT2D eigenvalue weighted by molar-refractivity contribution is -0.137. The standard InChI is InChI=1S/C26H24BrFN8O3/c1-14(34-39)25-19-8-16(17-10-29-15(2)30-11-17)6-7-20(19)36(33-25)13-24(37)35-12-18(28)9-21(35)26(38)32-23-5-3-4-22(27)31-23/h3-8,10-11,18,21,39H,9,12-13H2,1-2H3,(H,31,32,38)/t18-,21+/m1/s1. The summed E-state index contributed by atoms with van der Waals surface area (Å²) in [5, 5.41) is 20.6. The summed E-state index contributed by atoms with van der Waals surface area (Å²) in [5.74, 6) is -0.0517. The van der Waals surface area contributed by atoms with Gasteiger partial charge in [0.25, 0.3) is 0 Å². The molecule has 13 heteroatoms. The van der Waals surface area contributed by atoms with Gasteiger partial charge in [0, 0.05) is 29.8 Å². The monoisotopic (exact) mass is 594 g/mol. The van der Waals surface area contributed by atoms with E-state index in [-0.39, 0.29) is 25.2 Å². The first-order valence-corrected chi connectivity index (χ1v) is 12.9. The third kappa shape index (κ3) is 5.48. The van der Waals surface area contributed by atoms with E-state index in [1.165, 1.54) is 9.58 Å². The van der Waals surface area contributed by atoms with E-state index in [4.69, 9.17) is 0 Å². The van der Waals surface area contributed by atoms with E-state index in [1.54, 1.807) is 50.5 Å². The third-order valence-electron chi connectivity index (χ3n) is 6.48. The average molecular weight is 595 g/mol. The number of carbonyl (C=O) groups is 2. The first-order valence-electron chi connectivity index (χ1n) is 12.1. The van der Waals surface area contributed by atoms with Gasteiger partial charge in [0.2, 0.25) is 11.8 Å². The van der Waals surface area contributed by atoms with Crippen LogP contribution in [0.2, 0.25) is 0 Å². The van der Waals surface area contributed by atoms with Gasteiger partial charge in [-0.25, -0.2) is 19.3 Å². The van der Waals surface area contributed by atoms with Crippen molar-refractivity contribution < 1.29 is 19.2 Å². The molecule has 1 saturated heterocycles. The number of oxime groups is 1. The maximum Gasteiger partial charge on any atom is 0.248 e. The molecule has 0 aliphatic carbocycles. The third-order valence-corrected chi connectivity index (χ3v) is 6.92. The quantitative estimate of drug-likeness (QED) is 0.150. The summed E-state index contributed by atoms with van der Waals surface area (Å²) in [5.41, 5.74) is 2.85. The minimum Gasteiger partial charge on any atom is -0.411 e. The predicted octanol–water partition coefficient (Wildman–Crippen LogP) is 3.74. The molecule has 0 saturated carbocycles. The van der Waals surface area contributed by atoms with Gasteiger partial charge in [-0.2, -0.15) is 5.10 Å². The molecule has 0 spiro atoms. The van der Waals surface area contributed by atoms with Crippen molar-refractivity contribution in [3.8, 4) is 11.1 Å². The molecule has 1 aromatic carbocycles. The molecule has 0 unspecified atom stereocenters. The maximum absolute atomic E-state index is 14.5. The zero-order chi connectivity index (χ0) is 27.7. The Labute approximate surface area is 230 Å². The van der Waals surface area contributed by atoms with Crippen LogP contribution in [-0.2, 0) is 16.1 Å². The molecule has 0 radical (unpaired) electrons. The van der Waals surface area contributed by atoms with Crippen LogP contribution in [0, 0.1) is 6.92 Å². The number of likely N-dealkylation sites (tertiary alicyclic amines) is 1. The molecule has 11 nitrogen and oxygen atoms in total. The van der Waals surface area contributed by atoms with Crippen LogP contribution in [0.1, 0.15) is 24.9 Å². The van der Waals surface area contributed by atoms with Crippen molar-refractivity contribution in [2.45, 2.75) is 39.0 Å². The highest BCUT2D eigenvalue weighted by Gasteiger charge is 2.40. The number of carbonyl (C=O) groups excluding carboxylic acids is 2. The highest BCUT2D eigenvalue weighted by Crippen LogP contribution is 2.28. The Morgan fingerprint density at radius 2 is 1.97 bits per heavy atom. The van der Waals surface area contributed by atoms with Crippen LogP contribution in [0.4, 0.5) is 10.2 Å². The number of hydrogen-bond acceptors (Lipinski definition) is 8. The van der Waals surface area contributed by atoms with E-state index in [0.717, 1.165) is 11.1 Å². The fourth-order valence-electron chi connectivity index (χ4n) is 4.55. The number of benzene rings is 1. The van der Waals surface area contributed by atoms with Gasteiger partial charge < -0.3 is 15.4 Å². The lowest BCUT2D eigenvalue weighted by atomic mass is 10.0. The molecule has 200 valence electrons. The van der Waals surface area contributed by atoms with Crippen LogP contribution in [0.3, 0.4) is 0 Å². The number of aromatic nitrogens is 5. The Morgan fingerprint density at radius 3 is 2.69 bits per heavy atom. The Morgan fingerprint density at radius 1 is 1.21 bits per heavy atom. The molecule has 1 fully saturated rings. The van der Waals surface area contributed by atoms with Crippen molar-refractivity contribution in [1.82, 2.24) is 29.6 Å². The molecule has 39 heavy (non-hydrogen) atoms. The van der Waals surface area contributed by atoms with Crippen LogP contribution in [-0.4, -0.2) is 71.1 Å². The molecule has 2 amide bonds. The number of aryl methyl sites for hydroxylation is 1. The Bertz CT molecular complexity index is 1590. The summed E-state index contributed by atoms with van der Waals surface area (Å²) >= 11 is 3.25. The minimum atomic E-state index is -1.34. The lowest BCUT2D eigenvalue weighted by Gasteiger charge is -2.23. The largest absolute Gasteiger partial charge is 0.411 e. The van der Waals surface area contributed by atoms with Crippen molar-refractivity contribution in [2.75, 3.05) is 11.9 Å². The normalized spacial score (nSPS) is 17.5. The molecule has 4 aromatic rings. The number of amides is 2. The SMILES string of the molecule is CC(=NO)c1nn(CC(=O)N2C[C@H](F)C[C@H]2C(=O)Nc2cccc(Br)n2)c2ccc(-c3cnc(C)nc3)cc12. The van der Waals surface area contributed by atoms with Crippen molar-refractivity contribution in [3.05, 3.63) is 64.9 Å². The van der Waals surface area contributed by atoms with E-state index in [9.17, 15) is 19.2 Å². The Kier molecular flexibility index (Phi) is 7.33. The van der Waals surface area contributed by atoms with Crippen molar-refractivity contribution in [3.63, 3.8) is 0 Å². The molecule has 5 rings (SSSR count). The number of nitrogens with zero attached hydrogens (tertiary/aromatic N) is 7. The number of rotatable bonds is 6. The van der Waals surface area contributed by atoms with E-state index in [2.05, 4.69) is 46.5 Å². The maximum atomic E-state index is 14.5. The number of fused-ring (bicyclic) bond motifs is 1. The molecule has 3 aromatic heterocycles. The van der Waals surface area contributed by atoms with Gasteiger partial charge in [-0.1, -0.05) is 17.3 Å². The van der Waals surface area contributed by atoms with Gasteiger partial charge in [0.15, 0.2) is 0 Å². The summed E-state index contributed by atoms with van der Waals surface area (Å²) in [4.78, 5) is 40.3. The highest BCUT2D eigenvalue weighted by atomic mass is 79.9. The minimum absolute atomic E-state index is 0.116. The number of hydrogen-bond donors (Lipinski definition) is 2. The van der Waals surface area contributed by atoms with Crippen molar-refractivity contribution in [2.24, 2.45) is 5.16 Å². The second-order valence-electron chi connectivity index (χ2n) is 9.17. The number of anilines is 1. The van der Waals surface area contributed by atoms with Crippen molar-refractivity contribution in [1.29, 1.82) is 0 Å². The van der Waals surface area contributed by atoms with Gasteiger partial charge in [0.1, 0.15) is 46.4 Å². The fraction of sp³-hybridized carbons (Fsp3) is 0.269. The Balaban J connectivity index is 1.43. The van der Waals surface area contributed by atoms with E-state index >= 15 is 0 Å². The molecule has 4 heterocycles. The first kappa shape index (κ1) is 26.4. The number of halogens is 2. The molecule has 2 N–H and O–H groups in total. The summed E-state index contributed by atoms with van der Waals surface area (Å²) in [6, 6.07) is 9.53. The van der Waals surface area contributed by atoms with Crippen LogP contribution >= 0.6 is 15.9 Å². The average Bonchev–Trinajstić information content (AvgIpc) is 3.49. The van der Waals surface area contributed by atoms with Gasteiger partial charge >= 0.3 is 0 Å². The smallest absolute Gasteiger partial charge is 0.248 e. The van der Waals surface area contributed by atoms with Crippen molar-refractivity contribution >= 4 is 50.2 Å². The summed E-state index contributed by atoms with van der Waals surface area (Å²) in [6.45, 7) is 2.95. The summed E-state index contributed by atoms with van der Waals surface area (Å²) in [7, 11) is 0. The first-order chi connectivity index (χ1) is 18.7. The molecular weight excluding hydrogens is 571 g/mol. The highest BCUT2D eigenvalue weighted by molar-refractivity contribution is 9.10. The topological polar surface area (TPSA) is 138 Å². The van der Waals surface area contributed by atoms with Gasteiger partial charge in [-0.3, -0.25) is 14.3 Å².